The number of nitrogens with one attached hydrogen (secondary N) is 2. The standard InChI is InChI=1S/C19H14F3N3O2/c20-19(21,22)13-4-6-14(7-5-13)24-16(26)18(8-9-18)17(27)25-15-3-1-2-12(10-15)11-23/h1-7,10H,8-9H2,(H,24,26)(H,25,27). The Bertz CT molecular complexity index is 926. The largest absolute Gasteiger partial charge is 0.416 e. The average Bonchev–Trinajstić information content (AvgIpc) is 3.43. The van der Waals surface area contributed by atoms with Gasteiger partial charge >= 0.3 is 6.18 Å². The number of carbonyl (C=O) groups excluding carboxylic acids is 2. The zero-order valence-corrected chi connectivity index (χ0v) is 13.9. The maximum absolute atomic E-state index is 12.6. The average molecular weight is 373 g/mol. The highest BCUT2D eigenvalue weighted by atomic mass is 19.4. The van der Waals surface area contributed by atoms with Crippen LogP contribution < -0.4 is 10.6 Å². The van der Waals surface area contributed by atoms with Gasteiger partial charge < -0.3 is 10.6 Å². The molecule has 0 atom stereocenters. The van der Waals surface area contributed by atoms with Crippen molar-refractivity contribution in [3.63, 3.8) is 0 Å². The molecule has 3 rings (SSSR count). The van der Waals surface area contributed by atoms with Crippen LogP contribution in [-0.4, -0.2) is 11.8 Å². The van der Waals surface area contributed by atoms with E-state index >= 15 is 0 Å². The number of alkyl halides is 3. The summed E-state index contributed by atoms with van der Waals surface area (Å²) in [5, 5.41) is 14.0. The molecule has 0 bridgehead atoms. The van der Waals surface area contributed by atoms with Crippen LogP contribution in [0.4, 0.5) is 24.5 Å². The summed E-state index contributed by atoms with van der Waals surface area (Å²) >= 11 is 0. The van der Waals surface area contributed by atoms with Crippen LogP contribution >= 0.6 is 0 Å². The van der Waals surface area contributed by atoms with Gasteiger partial charge in [0.2, 0.25) is 11.8 Å². The number of hydrogen-bond acceptors (Lipinski definition) is 3. The van der Waals surface area contributed by atoms with Gasteiger partial charge in [-0.3, -0.25) is 9.59 Å². The van der Waals surface area contributed by atoms with Crippen molar-refractivity contribution < 1.29 is 22.8 Å². The van der Waals surface area contributed by atoms with Gasteiger partial charge in [0.05, 0.1) is 17.2 Å². The fourth-order valence-electron chi connectivity index (χ4n) is 2.59. The second-order valence-electron chi connectivity index (χ2n) is 6.26. The van der Waals surface area contributed by atoms with E-state index in [-0.39, 0.29) is 5.69 Å². The quantitative estimate of drug-likeness (QED) is 0.797. The molecule has 0 spiro atoms. The van der Waals surface area contributed by atoms with Crippen molar-refractivity contribution in [3.05, 3.63) is 59.7 Å². The van der Waals surface area contributed by atoms with Crippen molar-refractivity contribution >= 4 is 23.2 Å². The number of halogens is 3. The predicted molar refractivity (Wildman–Crippen MR) is 91.5 cm³/mol. The Morgan fingerprint density at radius 3 is 2.07 bits per heavy atom. The van der Waals surface area contributed by atoms with Gasteiger partial charge in [0.1, 0.15) is 5.41 Å². The Hall–Kier alpha value is -3.34. The van der Waals surface area contributed by atoms with Crippen molar-refractivity contribution in [2.24, 2.45) is 5.41 Å². The molecule has 0 radical (unpaired) electrons. The van der Waals surface area contributed by atoms with E-state index in [0.717, 1.165) is 24.3 Å². The smallest absolute Gasteiger partial charge is 0.325 e. The van der Waals surface area contributed by atoms with Crippen molar-refractivity contribution in [1.82, 2.24) is 0 Å². The molecule has 1 aliphatic carbocycles. The van der Waals surface area contributed by atoms with Crippen molar-refractivity contribution in [2.45, 2.75) is 19.0 Å². The molecule has 2 N–H and O–H groups in total. The lowest BCUT2D eigenvalue weighted by Gasteiger charge is -2.16. The van der Waals surface area contributed by atoms with Gasteiger partial charge in [-0.2, -0.15) is 18.4 Å². The molecule has 0 heterocycles. The molecule has 0 aliphatic heterocycles. The summed E-state index contributed by atoms with van der Waals surface area (Å²) in [5.74, 6) is -1.09. The van der Waals surface area contributed by atoms with Crippen molar-refractivity contribution in [2.75, 3.05) is 10.6 Å². The van der Waals surface area contributed by atoms with Crippen LogP contribution in [0.25, 0.3) is 0 Å². The first-order valence-corrected chi connectivity index (χ1v) is 8.05. The number of amides is 2. The van der Waals surface area contributed by atoms with E-state index in [1.54, 1.807) is 18.2 Å². The zero-order chi connectivity index (χ0) is 19.7. The molecule has 0 aromatic heterocycles. The van der Waals surface area contributed by atoms with Gasteiger partial charge in [-0.05, 0) is 55.3 Å². The first kappa shape index (κ1) is 18.5. The summed E-state index contributed by atoms with van der Waals surface area (Å²) in [7, 11) is 0. The summed E-state index contributed by atoms with van der Waals surface area (Å²) in [6, 6.07) is 12.2. The molecule has 2 amide bonds. The Labute approximate surface area is 152 Å². The third-order valence-corrected chi connectivity index (χ3v) is 4.34. The maximum Gasteiger partial charge on any atom is 0.416 e. The third kappa shape index (κ3) is 3.92. The highest BCUT2D eigenvalue weighted by molar-refractivity contribution is 6.16. The lowest BCUT2D eigenvalue weighted by Crippen LogP contribution is -2.35. The summed E-state index contributed by atoms with van der Waals surface area (Å²) in [4.78, 5) is 25.0. The van der Waals surface area contributed by atoms with Gasteiger partial charge in [-0.1, -0.05) is 6.07 Å². The van der Waals surface area contributed by atoms with E-state index in [9.17, 15) is 22.8 Å². The Balaban J connectivity index is 1.68. The van der Waals surface area contributed by atoms with E-state index in [4.69, 9.17) is 5.26 Å². The maximum atomic E-state index is 12.6. The number of anilines is 2. The lowest BCUT2D eigenvalue weighted by molar-refractivity contribution is -0.137. The van der Waals surface area contributed by atoms with Crippen LogP contribution in [0.2, 0.25) is 0 Å². The number of rotatable bonds is 4. The molecule has 1 fully saturated rings. The number of hydrogen-bond donors (Lipinski definition) is 2. The zero-order valence-electron chi connectivity index (χ0n) is 13.9. The number of nitrogens with zero attached hydrogens (tertiary/aromatic N) is 1. The minimum Gasteiger partial charge on any atom is -0.325 e. The monoisotopic (exact) mass is 373 g/mol. The van der Waals surface area contributed by atoms with Gasteiger partial charge in [0.25, 0.3) is 0 Å². The molecule has 5 nitrogen and oxygen atoms in total. The molecular formula is C19H14F3N3O2. The molecule has 27 heavy (non-hydrogen) atoms. The number of carbonyl (C=O) groups is 2. The van der Waals surface area contributed by atoms with Crippen LogP contribution in [0.3, 0.4) is 0 Å². The van der Waals surface area contributed by atoms with Crippen LogP contribution in [0.5, 0.6) is 0 Å². The normalized spacial score (nSPS) is 14.7. The van der Waals surface area contributed by atoms with E-state index < -0.39 is 29.0 Å². The van der Waals surface area contributed by atoms with Gasteiger partial charge in [0, 0.05) is 11.4 Å². The van der Waals surface area contributed by atoms with Crippen molar-refractivity contribution in [3.8, 4) is 6.07 Å². The first-order chi connectivity index (χ1) is 12.7. The molecular weight excluding hydrogens is 359 g/mol. The Kier molecular flexibility index (Phi) is 4.62. The van der Waals surface area contributed by atoms with E-state index in [1.165, 1.54) is 6.07 Å². The fourth-order valence-corrected chi connectivity index (χ4v) is 2.59. The molecule has 138 valence electrons. The van der Waals surface area contributed by atoms with Crippen LogP contribution in [0, 0.1) is 16.7 Å². The van der Waals surface area contributed by atoms with Crippen LogP contribution in [-0.2, 0) is 15.8 Å². The predicted octanol–water partition coefficient (Wildman–Crippen LogP) is 3.93. The lowest BCUT2D eigenvalue weighted by atomic mass is 10.0. The molecule has 2 aromatic rings. The fraction of sp³-hybridized carbons (Fsp3) is 0.211. The first-order valence-electron chi connectivity index (χ1n) is 8.05. The third-order valence-electron chi connectivity index (χ3n) is 4.34. The summed E-state index contributed by atoms with van der Waals surface area (Å²) in [5.41, 5.74) is -1.14. The van der Waals surface area contributed by atoms with Crippen LogP contribution in [0.15, 0.2) is 48.5 Å². The Morgan fingerprint density at radius 2 is 1.56 bits per heavy atom. The SMILES string of the molecule is N#Cc1cccc(NC(=O)C2(C(=O)Nc3ccc(C(F)(F)F)cc3)CC2)c1. The molecule has 1 saturated carbocycles. The van der Waals surface area contributed by atoms with E-state index in [2.05, 4.69) is 10.6 Å². The van der Waals surface area contributed by atoms with Gasteiger partial charge in [0.15, 0.2) is 0 Å². The van der Waals surface area contributed by atoms with E-state index in [0.29, 0.717) is 24.1 Å². The van der Waals surface area contributed by atoms with Crippen LogP contribution in [0.1, 0.15) is 24.0 Å². The van der Waals surface area contributed by atoms with E-state index in [1.807, 2.05) is 6.07 Å². The highest BCUT2D eigenvalue weighted by Gasteiger charge is 2.56. The molecule has 1 aliphatic rings. The highest BCUT2D eigenvalue weighted by Crippen LogP contribution is 2.47. The van der Waals surface area contributed by atoms with Crippen molar-refractivity contribution in [1.29, 1.82) is 5.26 Å². The minimum atomic E-state index is -4.46. The molecule has 0 saturated heterocycles. The number of nitriles is 1. The summed E-state index contributed by atoms with van der Waals surface area (Å²) in [6.07, 6.45) is -3.79. The molecule has 0 unspecified atom stereocenters. The second-order valence-corrected chi connectivity index (χ2v) is 6.26. The minimum absolute atomic E-state index is 0.179. The topological polar surface area (TPSA) is 82.0 Å². The summed E-state index contributed by atoms with van der Waals surface area (Å²) < 4.78 is 37.8. The molecule has 8 heteroatoms. The molecule has 2 aromatic carbocycles. The summed E-state index contributed by atoms with van der Waals surface area (Å²) in [6.45, 7) is 0. The Morgan fingerprint density at radius 1 is 0.963 bits per heavy atom. The number of benzene rings is 2. The second kappa shape index (κ2) is 6.76. The van der Waals surface area contributed by atoms with Gasteiger partial charge in [-0.25, -0.2) is 0 Å². The van der Waals surface area contributed by atoms with Gasteiger partial charge in [-0.15, -0.1) is 0 Å².